The van der Waals surface area contributed by atoms with Crippen LogP contribution in [-0.2, 0) is 0 Å². The standard InChI is InChI=1S/C4H4ClNOS/c5-3-1-2(7)4(6)8-3/h1,7H,6H2. The predicted molar refractivity (Wildman–Crippen MR) is 35.4 cm³/mol. The normalized spacial score (nSPS) is 9.62. The number of anilines is 1. The predicted octanol–water partition coefficient (Wildman–Crippen LogP) is 1.69. The average Bonchev–Trinajstić information content (AvgIpc) is 1.85. The highest BCUT2D eigenvalue weighted by atomic mass is 35.5. The van der Waals surface area contributed by atoms with Crippen LogP contribution in [0, 0.1) is 0 Å². The molecule has 4 heteroatoms. The monoisotopic (exact) mass is 149 g/mol. The third-order valence-electron chi connectivity index (χ3n) is 0.710. The molecule has 0 spiro atoms. The van der Waals surface area contributed by atoms with Crippen molar-refractivity contribution in [2.45, 2.75) is 0 Å². The molecule has 1 heterocycles. The van der Waals surface area contributed by atoms with Crippen molar-refractivity contribution in [2.24, 2.45) is 0 Å². The molecule has 1 aromatic heterocycles. The fraction of sp³-hybridized carbons (Fsp3) is 0. The topological polar surface area (TPSA) is 46.2 Å². The summed E-state index contributed by atoms with van der Waals surface area (Å²) in [5.41, 5.74) is 5.22. The van der Waals surface area contributed by atoms with Crippen molar-refractivity contribution in [1.29, 1.82) is 0 Å². The van der Waals surface area contributed by atoms with Crippen molar-refractivity contribution in [3.63, 3.8) is 0 Å². The molecular weight excluding hydrogens is 146 g/mol. The Balaban J connectivity index is 3.14. The van der Waals surface area contributed by atoms with E-state index in [9.17, 15) is 0 Å². The number of nitrogens with two attached hydrogens (primary N) is 1. The third kappa shape index (κ3) is 0.877. The summed E-state index contributed by atoms with van der Waals surface area (Å²) in [6.07, 6.45) is 0. The summed E-state index contributed by atoms with van der Waals surface area (Å²) in [5.74, 6) is 0.0694. The van der Waals surface area contributed by atoms with Gasteiger partial charge in [-0.3, -0.25) is 0 Å². The zero-order chi connectivity index (χ0) is 6.15. The summed E-state index contributed by atoms with van der Waals surface area (Å²) in [7, 11) is 0. The van der Waals surface area contributed by atoms with Crippen LogP contribution < -0.4 is 5.73 Å². The van der Waals surface area contributed by atoms with Crippen LogP contribution in [0.25, 0.3) is 0 Å². The Bertz CT molecular complexity index is 178. The Labute approximate surface area is 55.5 Å². The first-order chi connectivity index (χ1) is 3.70. The van der Waals surface area contributed by atoms with Gasteiger partial charge in [-0.2, -0.15) is 0 Å². The number of aromatic hydroxyl groups is 1. The Hall–Kier alpha value is -0.410. The van der Waals surface area contributed by atoms with Crippen molar-refractivity contribution < 1.29 is 5.11 Å². The minimum Gasteiger partial charge on any atom is -0.505 e. The van der Waals surface area contributed by atoms with Gasteiger partial charge < -0.3 is 10.8 Å². The minimum absolute atomic E-state index is 0.0694. The fourth-order valence-electron chi connectivity index (χ4n) is 0.365. The number of hydrogen-bond donors (Lipinski definition) is 2. The van der Waals surface area contributed by atoms with Crippen molar-refractivity contribution in [2.75, 3.05) is 5.73 Å². The highest BCUT2D eigenvalue weighted by molar-refractivity contribution is 7.20. The van der Waals surface area contributed by atoms with Gasteiger partial charge in [0.1, 0.15) is 5.00 Å². The molecule has 0 radical (unpaired) electrons. The Morgan fingerprint density at radius 2 is 2.38 bits per heavy atom. The molecule has 0 fully saturated rings. The summed E-state index contributed by atoms with van der Waals surface area (Å²) in [5, 5.41) is 9.11. The molecule has 0 amide bonds. The number of thiophene rings is 1. The maximum atomic E-state index is 8.74. The molecule has 0 atom stereocenters. The van der Waals surface area contributed by atoms with Crippen LogP contribution in [-0.4, -0.2) is 5.11 Å². The summed E-state index contributed by atoms with van der Waals surface area (Å²) in [6.45, 7) is 0. The molecule has 44 valence electrons. The van der Waals surface area contributed by atoms with Gasteiger partial charge in [-0.05, 0) is 0 Å². The molecule has 8 heavy (non-hydrogen) atoms. The second-order valence-electron chi connectivity index (χ2n) is 1.30. The van der Waals surface area contributed by atoms with E-state index in [0.29, 0.717) is 9.34 Å². The zero-order valence-corrected chi connectivity index (χ0v) is 5.46. The van der Waals surface area contributed by atoms with Crippen molar-refractivity contribution in [3.8, 4) is 5.75 Å². The molecule has 0 aliphatic carbocycles. The Morgan fingerprint density at radius 1 is 1.75 bits per heavy atom. The van der Waals surface area contributed by atoms with Gasteiger partial charge in [0.25, 0.3) is 0 Å². The zero-order valence-electron chi connectivity index (χ0n) is 3.89. The highest BCUT2D eigenvalue weighted by Gasteiger charge is 1.99. The van der Waals surface area contributed by atoms with Gasteiger partial charge in [0.15, 0.2) is 5.75 Å². The quantitative estimate of drug-likeness (QED) is 0.590. The molecule has 0 saturated heterocycles. The number of nitrogen functional groups attached to an aromatic ring is 1. The van der Waals surface area contributed by atoms with Gasteiger partial charge in [0, 0.05) is 6.07 Å². The van der Waals surface area contributed by atoms with E-state index in [1.54, 1.807) is 0 Å². The molecule has 0 unspecified atom stereocenters. The van der Waals surface area contributed by atoms with E-state index in [1.165, 1.54) is 6.07 Å². The minimum atomic E-state index is 0.0694. The lowest BCUT2D eigenvalue weighted by molar-refractivity contribution is 0.480. The number of halogens is 1. The first-order valence-corrected chi connectivity index (χ1v) is 3.13. The summed E-state index contributed by atoms with van der Waals surface area (Å²) < 4.78 is 0.514. The Kier molecular flexibility index (Phi) is 1.31. The van der Waals surface area contributed by atoms with E-state index in [4.69, 9.17) is 22.4 Å². The summed E-state index contributed by atoms with van der Waals surface area (Å²) in [6, 6.07) is 1.42. The maximum Gasteiger partial charge on any atom is 0.151 e. The van der Waals surface area contributed by atoms with Gasteiger partial charge >= 0.3 is 0 Å². The van der Waals surface area contributed by atoms with Gasteiger partial charge in [0.05, 0.1) is 4.34 Å². The van der Waals surface area contributed by atoms with Crippen molar-refractivity contribution in [3.05, 3.63) is 10.4 Å². The van der Waals surface area contributed by atoms with E-state index in [-0.39, 0.29) is 5.75 Å². The highest BCUT2D eigenvalue weighted by Crippen LogP contribution is 2.33. The third-order valence-corrected chi connectivity index (χ3v) is 1.79. The van der Waals surface area contributed by atoms with Crippen LogP contribution in [0.4, 0.5) is 5.00 Å². The number of rotatable bonds is 0. The van der Waals surface area contributed by atoms with E-state index >= 15 is 0 Å². The lowest BCUT2D eigenvalue weighted by atomic mass is 10.6. The fourth-order valence-corrected chi connectivity index (χ4v) is 1.26. The molecule has 0 aliphatic heterocycles. The SMILES string of the molecule is Nc1sc(Cl)cc1O. The van der Waals surface area contributed by atoms with E-state index in [0.717, 1.165) is 11.3 Å². The van der Waals surface area contributed by atoms with E-state index in [1.807, 2.05) is 0 Å². The molecule has 2 nitrogen and oxygen atoms in total. The molecule has 0 bridgehead atoms. The summed E-state index contributed by atoms with van der Waals surface area (Å²) >= 11 is 6.61. The number of hydrogen-bond acceptors (Lipinski definition) is 3. The van der Waals surface area contributed by atoms with Crippen LogP contribution >= 0.6 is 22.9 Å². The van der Waals surface area contributed by atoms with Crippen LogP contribution in [0.5, 0.6) is 5.75 Å². The summed E-state index contributed by atoms with van der Waals surface area (Å²) in [4.78, 5) is 0. The second-order valence-corrected chi connectivity index (χ2v) is 3.02. The van der Waals surface area contributed by atoms with Crippen LogP contribution in [0.2, 0.25) is 4.34 Å². The van der Waals surface area contributed by atoms with Crippen LogP contribution in [0.15, 0.2) is 6.07 Å². The molecular formula is C4H4ClNOS. The van der Waals surface area contributed by atoms with Crippen LogP contribution in [0.1, 0.15) is 0 Å². The van der Waals surface area contributed by atoms with Gasteiger partial charge in [0.2, 0.25) is 0 Å². The molecule has 1 rings (SSSR count). The second kappa shape index (κ2) is 1.84. The molecule has 0 aliphatic rings. The lowest BCUT2D eigenvalue weighted by Crippen LogP contribution is -1.75. The average molecular weight is 150 g/mol. The van der Waals surface area contributed by atoms with Gasteiger partial charge in [-0.15, -0.1) is 11.3 Å². The molecule has 3 N–H and O–H groups in total. The van der Waals surface area contributed by atoms with Crippen molar-refractivity contribution in [1.82, 2.24) is 0 Å². The largest absolute Gasteiger partial charge is 0.505 e. The van der Waals surface area contributed by atoms with Gasteiger partial charge in [-0.25, -0.2) is 0 Å². The van der Waals surface area contributed by atoms with Gasteiger partial charge in [-0.1, -0.05) is 11.6 Å². The molecule has 0 saturated carbocycles. The van der Waals surface area contributed by atoms with Crippen molar-refractivity contribution >= 4 is 27.9 Å². The van der Waals surface area contributed by atoms with E-state index in [2.05, 4.69) is 0 Å². The Morgan fingerprint density at radius 3 is 2.50 bits per heavy atom. The molecule has 1 aromatic rings. The maximum absolute atomic E-state index is 8.74. The lowest BCUT2D eigenvalue weighted by Gasteiger charge is -1.80. The van der Waals surface area contributed by atoms with Crippen LogP contribution in [0.3, 0.4) is 0 Å². The first-order valence-electron chi connectivity index (χ1n) is 1.94. The van der Waals surface area contributed by atoms with E-state index < -0.39 is 0 Å². The molecule has 0 aromatic carbocycles. The first kappa shape index (κ1) is 5.72. The smallest absolute Gasteiger partial charge is 0.151 e.